The van der Waals surface area contributed by atoms with E-state index >= 15 is 0 Å². The summed E-state index contributed by atoms with van der Waals surface area (Å²) in [4.78, 5) is 9.42. The summed E-state index contributed by atoms with van der Waals surface area (Å²) in [6, 6.07) is 0. The molecule has 1 saturated heterocycles. The van der Waals surface area contributed by atoms with Crippen molar-refractivity contribution in [3.63, 3.8) is 0 Å². The minimum Gasteiger partial charge on any atom is -0.383 e. The molecule has 0 aromatic rings. The predicted octanol–water partition coefficient (Wildman–Crippen LogP) is 0.488. The molecule has 0 atom stereocenters. The van der Waals surface area contributed by atoms with Gasteiger partial charge in [-0.3, -0.25) is 10.1 Å². The van der Waals surface area contributed by atoms with E-state index in [0.717, 1.165) is 31.3 Å². The third kappa shape index (κ3) is 1.71. The largest absolute Gasteiger partial charge is 0.383 e. The zero-order valence-corrected chi connectivity index (χ0v) is 4.96. The van der Waals surface area contributed by atoms with Gasteiger partial charge < -0.3 is 5.32 Å². The second-order valence-corrected chi connectivity index (χ2v) is 1.97. The van der Waals surface area contributed by atoms with Crippen LogP contribution in [0.2, 0.25) is 0 Å². The average molecular weight is 128 g/mol. The monoisotopic (exact) mass is 128 g/mol. The van der Waals surface area contributed by atoms with Gasteiger partial charge in [-0.25, -0.2) is 0 Å². The smallest absolute Gasteiger partial charge is 0.253 e. The van der Waals surface area contributed by atoms with Crippen LogP contribution in [0.5, 0.6) is 0 Å². The molecule has 1 heterocycles. The van der Waals surface area contributed by atoms with Gasteiger partial charge in [0, 0.05) is 6.54 Å². The highest BCUT2D eigenvalue weighted by Gasteiger charge is 2.07. The molecule has 1 fully saturated rings. The summed E-state index contributed by atoms with van der Waals surface area (Å²) in [6.07, 6.45) is 2.87. The fraction of sp³-hybridized carbons (Fsp3) is 0.600. The molecule has 1 aliphatic heterocycles. The first-order valence-electron chi connectivity index (χ1n) is 2.87. The van der Waals surface area contributed by atoms with Crippen LogP contribution in [0.15, 0.2) is 11.9 Å². The van der Waals surface area contributed by atoms with Crippen molar-refractivity contribution in [2.75, 3.05) is 6.54 Å². The summed E-state index contributed by atoms with van der Waals surface area (Å²) in [5, 5.41) is 12.8. The molecule has 9 heavy (non-hydrogen) atoms. The average Bonchev–Trinajstić information content (AvgIpc) is 2.15. The lowest BCUT2D eigenvalue weighted by Gasteiger charge is -1.89. The fourth-order valence-corrected chi connectivity index (χ4v) is 0.854. The Morgan fingerprint density at radius 2 is 2.56 bits per heavy atom. The SMILES string of the molecule is O=[N+]([O-])/C=C1\CCCN1. The van der Waals surface area contributed by atoms with E-state index in [-0.39, 0.29) is 0 Å². The van der Waals surface area contributed by atoms with Crippen molar-refractivity contribution < 1.29 is 4.92 Å². The topological polar surface area (TPSA) is 55.2 Å². The summed E-state index contributed by atoms with van der Waals surface area (Å²) in [5.74, 6) is 0. The van der Waals surface area contributed by atoms with Gasteiger partial charge in [0.1, 0.15) is 0 Å². The standard InChI is InChI=1S/C5H8N2O2/c8-7(9)4-5-2-1-3-6-5/h4,6H,1-3H2/b5-4+. The Morgan fingerprint density at radius 1 is 1.78 bits per heavy atom. The number of nitrogens with zero attached hydrogens (tertiary/aromatic N) is 1. The molecule has 4 heteroatoms. The summed E-state index contributed by atoms with van der Waals surface area (Å²) in [7, 11) is 0. The zero-order chi connectivity index (χ0) is 6.69. The van der Waals surface area contributed by atoms with Crippen LogP contribution in [0.4, 0.5) is 0 Å². The first-order chi connectivity index (χ1) is 4.29. The number of nitro groups is 1. The Labute approximate surface area is 52.7 Å². The first kappa shape index (κ1) is 6.07. The second kappa shape index (κ2) is 2.48. The molecule has 0 spiro atoms. The molecule has 0 bridgehead atoms. The molecule has 50 valence electrons. The van der Waals surface area contributed by atoms with Gasteiger partial charge in [0.25, 0.3) is 6.20 Å². The van der Waals surface area contributed by atoms with Gasteiger partial charge in [-0.1, -0.05) is 0 Å². The molecule has 0 saturated carbocycles. The lowest BCUT2D eigenvalue weighted by atomic mass is 10.3. The van der Waals surface area contributed by atoms with Crippen LogP contribution < -0.4 is 5.32 Å². The Bertz CT molecular complexity index is 145. The van der Waals surface area contributed by atoms with Crippen LogP contribution in [0, 0.1) is 10.1 Å². The fourth-order valence-electron chi connectivity index (χ4n) is 0.854. The van der Waals surface area contributed by atoms with Gasteiger partial charge in [0.15, 0.2) is 0 Å². The van der Waals surface area contributed by atoms with Crippen molar-refractivity contribution in [3.8, 4) is 0 Å². The molecule has 0 aromatic carbocycles. The molecular weight excluding hydrogens is 120 g/mol. The number of rotatable bonds is 1. The Balaban J connectivity index is 2.49. The highest BCUT2D eigenvalue weighted by molar-refractivity contribution is 4.99. The molecule has 4 nitrogen and oxygen atoms in total. The van der Waals surface area contributed by atoms with Crippen molar-refractivity contribution in [1.82, 2.24) is 5.32 Å². The Morgan fingerprint density at radius 3 is 3.00 bits per heavy atom. The van der Waals surface area contributed by atoms with Crippen molar-refractivity contribution in [1.29, 1.82) is 0 Å². The number of allylic oxidation sites excluding steroid dienone is 1. The molecule has 1 rings (SSSR count). The minimum absolute atomic E-state index is 0.423. The quantitative estimate of drug-likeness (QED) is 0.413. The maximum absolute atomic E-state index is 9.84. The maximum Gasteiger partial charge on any atom is 0.253 e. The van der Waals surface area contributed by atoms with Crippen LogP contribution in [0.25, 0.3) is 0 Å². The lowest BCUT2D eigenvalue weighted by Crippen LogP contribution is -2.05. The Kier molecular flexibility index (Phi) is 1.67. The second-order valence-electron chi connectivity index (χ2n) is 1.97. The molecule has 1 N–H and O–H groups in total. The molecule has 0 amide bonds. The number of nitrogens with one attached hydrogen (secondary N) is 1. The van der Waals surface area contributed by atoms with E-state index in [1.54, 1.807) is 0 Å². The molecule has 0 unspecified atom stereocenters. The molecule has 0 aliphatic carbocycles. The van der Waals surface area contributed by atoms with E-state index in [1.165, 1.54) is 0 Å². The number of hydrogen-bond donors (Lipinski definition) is 1. The van der Waals surface area contributed by atoms with E-state index in [0.29, 0.717) is 0 Å². The van der Waals surface area contributed by atoms with Crippen LogP contribution in [-0.4, -0.2) is 11.5 Å². The van der Waals surface area contributed by atoms with Crippen molar-refractivity contribution in [2.24, 2.45) is 0 Å². The lowest BCUT2D eigenvalue weighted by molar-refractivity contribution is -0.403. The van der Waals surface area contributed by atoms with E-state index in [2.05, 4.69) is 5.32 Å². The molecular formula is C5H8N2O2. The number of hydrogen-bond acceptors (Lipinski definition) is 3. The molecule has 1 aliphatic rings. The first-order valence-corrected chi connectivity index (χ1v) is 2.87. The van der Waals surface area contributed by atoms with E-state index in [1.807, 2.05) is 0 Å². The van der Waals surface area contributed by atoms with Crippen LogP contribution in [0.3, 0.4) is 0 Å². The maximum atomic E-state index is 9.84. The van der Waals surface area contributed by atoms with Crippen molar-refractivity contribution in [2.45, 2.75) is 12.8 Å². The molecule has 0 aromatic heterocycles. The van der Waals surface area contributed by atoms with E-state index in [4.69, 9.17) is 0 Å². The molecule has 0 radical (unpaired) electrons. The van der Waals surface area contributed by atoms with Crippen LogP contribution in [0.1, 0.15) is 12.8 Å². The third-order valence-corrected chi connectivity index (χ3v) is 1.24. The summed E-state index contributed by atoms with van der Waals surface area (Å²) < 4.78 is 0. The third-order valence-electron chi connectivity index (χ3n) is 1.24. The van der Waals surface area contributed by atoms with Gasteiger partial charge in [0.2, 0.25) is 0 Å². The normalized spacial score (nSPS) is 22.0. The van der Waals surface area contributed by atoms with Gasteiger partial charge in [0.05, 0.1) is 10.6 Å². The zero-order valence-electron chi connectivity index (χ0n) is 4.96. The van der Waals surface area contributed by atoms with Crippen molar-refractivity contribution in [3.05, 3.63) is 22.0 Å². The van der Waals surface area contributed by atoms with Gasteiger partial charge in [-0.2, -0.15) is 0 Å². The highest BCUT2D eigenvalue weighted by atomic mass is 16.6. The summed E-state index contributed by atoms with van der Waals surface area (Å²) in [6.45, 7) is 0.875. The predicted molar refractivity (Wildman–Crippen MR) is 32.3 cm³/mol. The van der Waals surface area contributed by atoms with E-state index in [9.17, 15) is 10.1 Å². The summed E-state index contributed by atoms with van der Waals surface area (Å²) in [5.41, 5.74) is 0.750. The van der Waals surface area contributed by atoms with Gasteiger partial charge >= 0.3 is 0 Å². The highest BCUT2D eigenvalue weighted by Crippen LogP contribution is 2.07. The van der Waals surface area contributed by atoms with Crippen LogP contribution >= 0.6 is 0 Å². The Hall–Kier alpha value is -1.06. The van der Waals surface area contributed by atoms with E-state index < -0.39 is 4.92 Å². The van der Waals surface area contributed by atoms with Crippen LogP contribution in [-0.2, 0) is 0 Å². The van der Waals surface area contributed by atoms with Gasteiger partial charge in [-0.15, -0.1) is 0 Å². The summed E-state index contributed by atoms with van der Waals surface area (Å²) >= 11 is 0. The minimum atomic E-state index is -0.423. The van der Waals surface area contributed by atoms with Gasteiger partial charge in [-0.05, 0) is 12.8 Å². The van der Waals surface area contributed by atoms with Crippen molar-refractivity contribution >= 4 is 0 Å².